The molecule has 0 saturated heterocycles. The summed E-state index contributed by atoms with van der Waals surface area (Å²) in [7, 11) is 0. The van der Waals surface area contributed by atoms with E-state index in [4.69, 9.17) is 9.47 Å². The first kappa shape index (κ1) is 16.3. The summed E-state index contributed by atoms with van der Waals surface area (Å²) in [5.74, 6) is 1.30. The standard InChI is InChI=1S/C17H15Br2NO3/c1-10(20-17(21)11-3-2-4-12(18)7-11)13-8-15-16(9-14(13)19)23-6-5-22-15/h2-4,7-10H,5-6H2,1H3,(H,20,21). The predicted octanol–water partition coefficient (Wildman–Crippen LogP) is 4.47. The number of halogens is 2. The Morgan fingerprint density at radius 1 is 1.13 bits per heavy atom. The molecule has 2 aromatic carbocycles. The van der Waals surface area contributed by atoms with E-state index in [1.54, 1.807) is 12.1 Å². The first-order valence-corrected chi connectivity index (χ1v) is 8.78. The summed E-state index contributed by atoms with van der Waals surface area (Å²) < 4.78 is 12.9. The van der Waals surface area contributed by atoms with Crippen molar-refractivity contribution in [2.24, 2.45) is 0 Å². The van der Waals surface area contributed by atoms with Crippen molar-refractivity contribution in [3.05, 3.63) is 56.5 Å². The zero-order valence-corrected chi connectivity index (χ0v) is 15.6. The van der Waals surface area contributed by atoms with Crippen LogP contribution in [0.4, 0.5) is 0 Å². The van der Waals surface area contributed by atoms with Gasteiger partial charge in [0.1, 0.15) is 13.2 Å². The number of hydrogen-bond acceptors (Lipinski definition) is 3. The number of amides is 1. The minimum atomic E-state index is -0.174. The maximum absolute atomic E-state index is 12.4. The van der Waals surface area contributed by atoms with Crippen LogP contribution in [0.1, 0.15) is 28.9 Å². The van der Waals surface area contributed by atoms with E-state index < -0.39 is 0 Å². The highest BCUT2D eigenvalue weighted by Gasteiger charge is 2.19. The maximum atomic E-state index is 12.4. The number of carbonyl (C=O) groups excluding carboxylic acids is 1. The van der Waals surface area contributed by atoms with Crippen molar-refractivity contribution in [1.29, 1.82) is 0 Å². The Labute approximate surface area is 151 Å². The molecule has 0 bridgehead atoms. The molecule has 0 aliphatic carbocycles. The Hall–Kier alpha value is -1.53. The molecule has 1 amide bonds. The van der Waals surface area contributed by atoms with Crippen LogP contribution in [0.25, 0.3) is 0 Å². The third-order valence-corrected chi connectivity index (χ3v) is 4.74. The van der Waals surface area contributed by atoms with Crippen LogP contribution < -0.4 is 14.8 Å². The average molecular weight is 441 g/mol. The van der Waals surface area contributed by atoms with E-state index in [1.165, 1.54) is 0 Å². The van der Waals surface area contributed by atoms with Gasteiger partial charge >= 0.3 is 0 Å². The molecule has 1 aliphatic rings. The normalized spacial score (nSPS) is 14.2. The van der Waals surface area contributed by atoms with Crippen molar-refractivity contribution in [2.75, 3.05) is 13.2 Å². The largest absolute Gasteiger partial charge is 0.486 e. The molecule has 1 unspecified atom stereocenters. The van der Waals surface area contributed by atoms with Gasteiger partial charge in [0.25, 0.3) is 5.91 Å². The number of rotatable bonds is 3. The molecule has 6 heteroatoms. The summed E-state index contributed by atoms with van der Waals surface area (Å²) in [6.07, 6.45) is 0. The summed E-state index contributed by atoms with van der Waals surface area (Å²) in [6.45, 7) is 3.02. The highest BCUT2D eigenvalue weighted by Crippen LogP contribution is 2.37. The van der Waals surface area contributed by atoms with Gasteiger partial charge in [0.15, 0.2) is 11.5 Å². The highest BCUT2D eigenvalue weighted by molar-refractivity contribution is 9.10. The van der Waals surface area contributed by atoms with Gasteiger partial charge in [-0.2, -0.15) is 0 Å². The number of hydrogen-bond donors (Lipinski definition) is 1. The summed E-state index contributed by atoms with van der Waals surface area (Å²) in [4.78, 5) is 12.4. The fraction of sp³-hybridized carbons (Fsp3) is 0.235. The van der Waals surface area contributed by atoms with E-state index in [0.29, 0.717) is 24.5 Å². The lowest BCUT2D eigenvalue weighted by Gasteiger charge is -2.22. The molecular weight excluding hydrogens is 426 g/mol. The summed E-state index contributed by atoms with van der Waals surface area (Å²) in [6, 6.07) is 10.9. The monoisotopic (exact) mass is 439 g/mol. The van der Waals surface area contributed by atoms with E-state index in [2.05, 4.69) is 37.2 Å². The van der Waals surface area contributed by atoms with Gasteiger partial charge in [0.2, 0.25) is 0 Å². The molecule has 1 atom stereocenters. The Bertz CT molecular complexity index is 749. The fourth-order valence-electron chi connectivity index (χ4n) is 2.40. The van der Waals surface area contributed by atoms with Crippen molar-refractivity contribution < 1.29 is 14.3 Å². The minimum absolute atomic E-state index is 0.124. The van der Waals surface area contributed by atoms with Crippen LogP contribution in [0, 0.1) is 0 Å². The average Bonchev–Trinajstić information content (AvgIpc) is 2.54. The van der Waals surface area contributed by atoms with Crippen LogP contribution >= 0.6 is 31.9 Å². The number of nitrogens with one attached hydrogen (secondary N) is 1. The number of benzene rings is 2. The molecule has 0 fully saturated rings. The molecule has 0 aromatic heterocycles. The predicted molar refractivity (Wildman–Crippen MR) is 95.2 cm³/mol. The molecule has 3 rings (SSSR count). The van der Waals surface area contributed by atoms with Gasteiger partial charge in [-0.15, -0.1) is 0 Å². The smallest absolute Gasteiger partial charge is 0.251 e. The van der Waals surface area contributed by atoms with Gasteiger partial charge in [-0.25, -0.2) is 0 Å². The first-order valence-electron chi connectivity index (χ1n) is 7.20. The van der Waals surface area contributed by atoms with Gasteiger partial charge in [-0.05, 0) is 42.8 Å². The molecule has 1 heterocycles. The second-order valence-corrected chi connectivity index (χ2v) is 6.99. The van der Waals surface area contributed by atoms with Crippen LogP contribution in [0.5, 0.6) is 11.5 Å². The van der Waals surface area contributed by atoms with Gasteiger partial charge < -0.3 is 14.8 Å². The van der Waals surface area contributed by atoms with E-state index >= 15 is 0 Å². The summed E-state index contributed by atoms with van der Waals surface area (Å²) in [5, 5.41) is 3.00. The minimum Gasteiger partial charge on any atom is -0.486 e. The Kier molecular flexibility index (Phi) is 4.92. The second kappa shape index (κ2) is 6.93. The number of ether oxygens (including phenoxy) is 2. The van der Waals surface area contributed by atoms with E-state index in [0.717, 1.165) is 20.3 Å². The van der Waals surface area contributed by atoms with E-state index in [1.807, 2.05) is 31.2 Å². The molecule has 1 N–H and O–H groups in total. The quantitative estimate of drug-likeness (QED) is 0.765. The van der Waals surface area contributed by atoms with Crippen molar-refractivity contribution in [3.63, 3.8) is 0 Å². The van der Waals surface area contributed by atoms with Crippen LogP contribution in [0.15, 0.2) is 45.3 Å². The van der Waals surface area contributed by atoms with Crippen molar-refractivity contribution in [1.82, 2.24) is 5.32 Å². The lowest BCUT2D eigenvalue weighted by Crippen LogP contribution is -2.27. The van der Waals surface area contributed by atoms with Gasteiger partial charge in [-0.3, -0.25) is 4.79 Å². The first-order chi connectivity index (χ1) is 11.0. The van der Waals surface area contributed by atoms with Crippen LogP contribution in [-0.4, -0.2) is 19.1 Å². The molecule has 4 nitrogen and oxygen atoms in total. The molecule has 23 heavy (non-hydrogen) atoms. The Balaban J connectivity index is 1.80. The molecule has 0 spiro atoms. The number of fused-ring (bicyclic) bond motifs is 1. The maximum Gasteiger partial charge on any atom is 0.251 e. The summed E-state index contributed by atoms with van der Waals surface area (Å²) in [5.41, 5.74) is 1.55. The topological polar surface area (TPSA) is 47.6 Å². The van der Waals surface area contributed by atoms with Crippen molar-refractivity contribution >= 4 is 37.8 Å². The molecule has 0 saturated carbocycles. The SMILES string of the molecule is CC(NC(=O)c1cccc(Br)c1)c1cc2c(cc1Br)OCCO2. The number of carbonyl (C=O) groups is 1. The zero-order valence-electron chi connectivity index (χ0n) is 12.4. The third kappa shape index (κ3) is 3.70. The van der Waals surface area contributed by atoms with Crippen LogP contribution in [0.3, 0.4) is 0 Å². The lowest BCUT2D eigenvalue weighted by molar-refractivity contribution is 0.0939. The zero-order chi connectivity index (χ0) is 16.4. The molecule has 1 aliphatic heterocycles. The second-order valence-electron chi connectivity index (χ2n) is 5.22. The fourth-order valence-corrected chi connectivity index (χ4v) is 3.46. The van der Waals surface area contributed by atoms with Gasteiger partial charge in [-0.1, -0.05) is 37.9 Å². The molecule has 0 radical (unpaired) electrons. The van der Waals surface area contributed by atoms with Crippen LogP contribution in [0.2, 0.25) is 0 Å². The Morgan fingerprint density at radius 3 is 2.52 bits per heavy atom. The molecule has 2 aromatic rings. The van der Waals surface area contributed by atoms with E-state index in [-0.39, 0.29) is 11.9 Å². The molecule has 120 valence electrons. The lowest BCUT2D eigenvalue weighted by atomic mass is 10.1. The van der Waals surface area contributed by atoms with Crippen LogP contribution in [-0.2, 0) is 0 Å². The van der Waals surface area contributed by atoms with Crippen molar-refractivity contribution in [2.45, 2.75) is 13.0 Å². The third-order valence-electron chi connectivity index (χ3n) is 3.56. The highest BCUT2D eigenvalue weighted by atomic mass is 79.9. The van der Waals surface area contributed by atoms with E-state index in [9.17, 15) is 4.79 Å². The Morgan fingerprint density at radius 2 is 1.83 bits per heavy atom. The van der Waals surface area contributed by atoms with Crippen molar-refractivity contribution in [3.8, 4) is 11.5 Å². The molecular formula is C17H15Br2NO3. The van der Waals surface area contributed by atoms with Gasteiger partial charge in [0.05, 0.1) is 6.04 Å². The van der Waals surface area contributed by atoms with Gasteiger partial charge in [0, 0.05) is 14.5 Å². The summed E-state index contributed by atoms with van der Waals surface area (Å²) >= 11 is 6.92.